The van der Waals surface area contributed by atoms with Crippen molar-refractivity contribution in [3.63, 3.8) is 0 Å². The Bertz CT molecular complexity index is 736. The normalized spacial score (nSPS) is 12.1. The SMILES string of the molecule is CC(C)(C)NCCc1ncc(-c2csc3ccccc23)o1. The number of oxazole rings is 1. The second-order valence-electron chi connectivity index (χ2n) is 6.19. The van der Waals surface area contributed by atoms with Crippen LogP contribution in [0.15, 0.2) is 40.3 Å². The number of fused-ring (bicyclic) bond motifs is 1. The Morgan fingerprint density at radius 1 is 1.24 bits per heavy atom. The summed E-state index contributed by atoms with van der Waals surface area (Å²) in [5.41, 5.74) is 1.26. The molecule has 4 heteroatoms. The molecule has 3 aromatic rings. The van der Waals surface area contributed by atoms with Crippen LogP contribution >= 0.6 is 11.3 Å². The quantitative estimate of drug-likeness (QED) is 0.771. The molecule has 3 rings (SSSR count). The summed E-state index contributed by atoms with van der Waals surface area (Å²) in [6, 6.07) is 8.38. The van der Waals surface area contributed by atoms with Gasteiger partial charge in [0.1, 0.15) is 0 Å². The molecule has 0 fully saturated rings. The minimum atomic E-state index is 0.124. The number of hydrogen-bond acceptors (Lipinski definition) is 4. The van der Waals surface area contributed by atoms with Crippen LogP contribution in [0.1, 0.15) is 26.7 Å². The molecule has 0 saturated heterocycles. The van der Waals surface area contributed by atoms with Gasteiger partial charge in [-0.15, -0.1) is 11.3 Å². The van der Waals surface area contributed by atoms with Crippen LogP contribution in [-0.4, -0.2) is 17.1 Å². The Morgan fingerprint density at radius 3 is 2.86 bits per heavy atom. The number of benzene rings is 1. The van der Waals surface area contributed by atoms with Gasteiger partial charge in [0, 0.05) is 39.5 Å². The van der Waals surface area contributed by atoms with Crippen molar-refractivity contribution in [3.8, 4) is 11.3 Å². The molecule has 0 spiro atoms. The van der Waals surface area contributed by atoms with E-state index in [0.29, 0.717) is 0 Å². The molecular formula is C17H20N2OS. The van der Waals surface area contributed by atoms with Gasteiger partial charge < -0.3 is 9.73 Å². The van der Waals surface area contributed by atoms with Crippen LogP contribution in [0.25, 0.3) is 21.4 Å². The van der Waals surface area contributed by atoms with Crippen molar-refractivity contribution in [1.82, 2.24) is 10.3 Å². The van der Waals surface area contributed by atoms with Crippen molar-refractivity contribution in [1.29, 1.82) is 0 Å². The van der Waals surface area contributed by atoms with E-state index in [0.717, 1.165) is 30.2 Å². The second kappa shape index (κ2) is 5.62. The monoisotopic (exact) mass is 300 g/mol. The smallest absolute Gasteiger partial charge is 0.196 e. The molecule has 21 heavy (non-hydrogen) atoms. The second-order valence-corrected chi connectivity index (χ2v) is 7.10. The van der Waals surface area contributed by atoms with Gasteiger partial charge >= 0.3 is 0 Å². The molecule has 0 aliphatic rings. The zero-order valence-electron chi connectivity index (χ0n) is 12.6. The van der Waals surface area contributed by atoms with Gasteiger partial charge in [-0.05, 0) is 26.8 Å². The lowest BCUT2D eigenvalue weighted by Gasteiger charge is -2.19. The minimum Gasteiger partial charge on any atom is -0.441 e. The summed E-state index contributed by atoms with van der Waals surface area (Å²) >= 11 is 1.74. The number of rotatable bonds is 4. The van der Waals surface area contributed by atoms with E-state index in [4.69, 9.17) is 4.42 Å². The summed E-state index contributed by atoms with van der Waals surface area (Å²) in [4.78, 5) is 4.40. The highest BCUT2D eigenvalue weighted by molar-refractivity contribution is 7.17. The summed E-state index contributed by atoms with van der Waals surface area (Å²) in [6.45, 7) is 7.34. The molecule has 0 radical (unpaired) electrons. The van der Waals surface area contributed by atoms with E-state index >= 15 is 0 Å². The van der Waals surface area contributed by atoms with Crippen molar-refractivity contribution in [3.05, 3.63) is 41.7 Å². The molecule has 0 saturated carbocycles. The molecule has 110 valence electrons. The van der Waals surface area contributed by atoms with Gasteiger partial charge in [-0.1, -0.05) is 18.2 Å². The lowest BCUT2D eigenvalue weighted by Crippen LogP contribution is -2.37. The van der Waals surface area contributed by atoms with Gasteiger partial charge in [0.05, 0.1) is 6.20 Å². The first-order valence-electron chi connectivity index (χ1n) is 7.19. The maximum atomic E-state index is 5.91. The van der Waals surface area contributed by atoms with Gasteiger partial charge in [0.15, 0.2) is 11.7 Å². The van der Waals surface area contributed by atoms with Gasteiger partial charge in [0.25, 0.3) is 0 Å². The highest BCUT2D eigenvalue weighted by Gasteiger charge is 2.12. The number of nitrogens with zero attached hydrogens (tertiary/aromatic N) is 1. The van der Waals surface area contributed by atoms with Crippen LogP contribution in [0, 0.1) is 0 Å². The van der Waals surface area contributed by atoms with Crippen molar-refractivity contribution in [2.24, 2.45) is 0 Å². The fraction of sp³-hybridized carbons (Fsp3) is 0.353. The maximum absolute atomic E-state index is 5.91. The third-order valence-corrected chi connectivity index (χ3v) is 4.26. The predicted molar refractivity (Wildman–Crippen MR) is 88.8 cm³/mol. The van der Waals surface area contributed by atoms with Crippen LogP contribution < -0.4 is 5.32 Å². The minimum absolute atomic E-state index is 0.124. The molecule has 0 aliphatic heterocycles. The molecule has 2 heterocycles. The average molecular weight is 300 g/mol. The van der Waals surface area contributed by atoms with E-state index in [9.17, 15) is 0 Å². The Balaban J connectivity index is 1.76. The Morgan fingerprint density at radius 2 is 2.05 bits per heavy atom. The first kappa shape index (κ1) is 14.3. The molecular weight excluding hydrogens is 280 g/mol. The highest BCUT2D eigenvalue weighted by atomic mass is 32.1. The molecule has 0 bridgehead atoms. The fourth-order valence-corrected chi connectivity index (χ4v) is 3.21. The molecule has 0 aliphatic carbocycles. The largest absolute Gasteiger partial charge is 0.441 e. The third kappa shape index (κ3) is 3.34. The van der Waals surface area contributed by atoms with E-state index in [1.54, 1.807) is 11.3 Å². The Kier molecular flexibility index (Phi) is 3.83. The topological polar surface area (TPSA) is 38.1 Å². The van der Waals surface area contributed by atoms with Crippen LogP contribution in [0.3, 0.4) is 0 Å². The standard InChI is InChI=1S/C17H20N2OS/c1-17(2,3)19-9-8-16-18-10-14(20-16)13-11-21-15-7-5-4-6-12(13)15/h4-7,10-11,19H,8-9H2,1-3H3. The number of nitrogens with one attached hydrogen (secondary N) is 1. The molecule has 3 nitrogen and oxygen atoms in total. The van der Waals surface area contributed by atoms with Crippen LogP contribution in [0.2, 0.25) is 0 Å². The Labute approximate surface area is 129 Å². The molecule has 0 atom stereocenters. The summed E-state index contributed by atoms with van der Waals surface area (Å²) < 4.78 is 7.18. The maximum Gasteiger partial charge on any atom is 0.196 e. The van der Waals surface area contributed by atoms with Crippen LogP contribution in [-0.2, 0) is 6.42 Å². The van der Waals surface area contributed by atoms with Gasteiger partial charge in [-0.2, -0.15) is 0 Å². The van der Waals surface area contributed by atoms with Crippen molar-refractivity contribution in [2.45, 2.75) is 32.7 Å². The highest BCUT2D eigenvalue weighted by Crippen LogP contribution is 2.34. The lowest BCUT2D eigenvalue weighted by atomic mass is 10.1. The van der Waals surface area contributed by atoms with Crippen molar-refractivity contribution in [2.75, 3.05) is 6.54 Å². The van der Waals surface area contributed by atoms with E-state index < -0.39 is 0 Å². The van der Waals surface area contributed by atoms with Gasteiger partial charge in [0.2, 0.25) is 0 Å². The fourth-order valence-electron chi connectivity index (χ4n) is 2.26. The molecule has 1 aromatic carbocycles. The zero-order chi connectivity index (χ0) is 14.9. The zero-order valence-corrected chi connectivity index (χ0v) is 13.5. The van der Waals surface area contributed by atoms with Gasteiger partial charge in [-0.3, -0.25) is 0 Å². The summed E-state index contributed by atoms with van der Waals surface area (Å²) in [7, 11) is 0. The van der Waals surface area contributed by atoms with Crippen molar-refractivity contribution >= 4 is 21.4 Å². The van der Waals surface area contributed by atoms with E-state index in [1.165, 1.54) is 10.1 Å². The number of aromatic nitrogens is 1. The summed E-state index contributed by atoms with van der Waals surface area (Å²) in [5, 5.41) is 6.82. The molecule has 0 unspecified atom stereocenters. The average Bonchev–Trinajstić information content (AvgIpc) is 3.03. The lowest BCUT2D eigenvalue weighted by molar-refractivity contribution is 0.412. The molecule has 2 aromatic heterocycles. The number of hydrogen-bond donors (Lipinski definition) is 1. The molecule has 1 N–H and O–H groups in total. The van der Waals surface area contributed by atoms with Gasteiger partial charge in [-0.25, -0.2) is 4.98 Å². The van der Waals surface area contributed by atoms with E-state index in [2.05, 4.69) is 60.7 Å². The predicted octanol–water partition coefficient (Wildman–Crippen LogP) is 4.49. The van der Waals surface area contributed by atoms with Crippen molar-refractivity contribution < 1.29 is 4.42 Å². The van der Waals surface area contributed by atoms with E-state index in [-0.39, 0.29) is 5.54 Å². The summed E-state index contributed by atoms with van der Waals surface area (Å²) in [6.07, 6.45) is 2.64. The van der Waals surface area contributed by atoms with Crippen LogP contribution in [0.5, 0.6) is 0 Å². The van der Waals surface area contributed by atoms with Crippen LogP contribution in [0.4, 0.5) is 0 Å². The Hall–Kier alpha value is -1.65. The van der Waals surface area contributed by atoms with E-state index in [1.807, 2.05) is 6.20 Å². The first-order valence-corrected chi connectivity index (χ1v) is 8.07. The third-order valence-electron chi connectivity index (χ3n) is 3.29. The first-order chi connectivity index (χ1) is 10.0. The summed E-state index contributed by atoms with van der Waals surface area (Å²) in [5.74, 6) is 1.65. The number of thiophene rings is 1. The molecule has 0 amide bonds.